The van der Waals surface area contributed by atoms with Gasteiger partial charge in [0.1, 0.15) is 17.3 Å². The number of ether oxygens (including phenoxy) is 1. The summed E-state index contributed by atoms with van der Waals surface area (Å²) in [5, 5.41) is 7.31. The van der Waals surface area contributed by atoms with Gasteiger partial charge in [-0.15, -0.1) is 0 Å². The number of pyridine rings is 1. The predicted molar refractivity (Wildman–Crippen MR) is 190 cm³/mol. The number of hydrogen-bond acceptors (Lipinski definition) is 3. The molecule has 4 aromatic carbocycles. The molecule has 5 nitrogen and oxygen atoms in total. The van der Waals surface area contributed by atoms with Crippen molar-refractivity contribution < 1.29 is 4.74 Å². The normalized spacial score (nSPS) is 12.6. The Kier molecular flexibility index (Phi) is 7.28. The second-order valence-corrected chi connectivity index (χ2v) is 13.5. The number of nitrogens with zero attached hydrogens (tertiary/aromatic N) is 4. The molecule has 7 rings (SSSR count). The Morgan fingerprint density at radius 1 is 0.717 bits per heavy atom. The van der Waals surface area contributed by atoms with Gasteiger partial charge in [-0.2, -0.15) is 5.10 Å². The second-order valence-electron chi connectivity index (χ2n) is 13.5. The largest absolute Gasteiger partial charge is 0.457 e. The Labute approximate surface area is 271 Å². The number of benzene rings is 4. The molecule has 0 aliphatic heterocycles. The van der Waals surface area contributed by atoms with E-state index in [1.807, 2.05) is 35.1 Å². The minimum atomic E-state index is 0.163. The maximum atomic E-state index is 6.55. The summed E-state index contributed by atoms with van der Waals surface area (Å²) >= 11 is 0. The SMILES string of the molecule is Cc1ccnc(-n2c3ccc(C(C)C(C)(C)C)cc3c3ccc(Oc4cccc(-n5nc(C)c(-c6ccccc6)c5C)c4)cc32)c1. The maximum absolute atomic E-state index is 6.55. The number of fused-ring (bicyclic) bond motifs is 3. The Morgan fingerprint density at radius 2 is 1.50 bits per heavy atom. The van der Waals surface area contributed by atoms with Crippen molar-refractivity contribution >= 4 is 21.8 Å². The third-order valence-electron chi connectivity index (χ3n) is 9.34. The zero-order chi connectivity index (χ0) is 32.2. The third-order valence-corrected chi connectivity index (χ3v) is 9.34. The number of hydrogen-bond donors (Lipinski definition) is 0. The van der Waals surface area contributed by atoms with Crippen LogP contribution < -0.4 is 4.74 Å². The molecule has 0 aliphatic rings. The lowest BCUT2D eigenvalue weighted by atomic mass is 9.77. The van der Waals surface area contributed by atoms with Crippen molar-refractivity contribution in [3.8, 4) is 34.1 Å². The molecule has 0 amide bonds. The van der Waals surface area contributed by atoms with Gasteiger partial charge in [0.25, 0.3) is 0 Å². The first kappa shape index (κ1) is 29.5. The topological polar surface area (TPSA) is 44.9 Å². The lowest BCUT2D eigenvalue weighted by Gasteiger charge is -2.27. The number of rotatable bonds is 6. The molecule has 46 heavy (non-hydrogen) atoms. The zero-order valence-corrected chi connectivity index (χ0v) is 27.7. The average molecular weight is 605 g/mol. The monoisotopic (exact) mass is 604 g/mol. The van der Waals surface area contributed by atoms with Gasteiger partial charge in [0.15, 0.2) is 0 Å². The minimum Gasteiger partial charge on any atom is -0.457 e. The van der Waals surface area contributed by atoms with Crippen molar-refractivity contribution in [2.45, 2.75) is 54.4 Å². The van der Waals surface area contributed by atoms with Crippen molar-refractivity contribution in [2.24, 2.45) is 5.41 Å². The van der Waals surface area contributed by atoms with Crippen molar-refractivity contribution in [3.05, 3.63) is 132 Å². The van der Waals surface area contributed by atoms with Crippen LogP contribution in [0.15, 0.2) is 109 Å². The van der Waals surface area contributed by atoms with Crippen LogP contribution in [0, 0.1) is 26.2 Å². The van der Waals surface area contributed by atoms with Gasteiger partial charge in [-0.05, 0) is 97.3 Å². The Balaban J connectivity index is 1.31. The first-order valence-corrected chi connectivity index (χ1v) is 16.0. The van der Waals surface area contributed by atoms with Gasteiger partial charge >= 0.3 is 0 Å². The van der Waals surface area contributed by atoms with Crippen molar-refractivity contribution in [2.75, 3.05) is 0 Å². The fraction of sp³-hybridized carbons (Fsp3) is 0.220. The molecule has 0 saturated heterocycles. The summed E-state index contributed by atoms with van der Waals surface area (Å²) < 4.78 is 10.8. The van der Waals surface area contributed by atoms with E-state index in [4.69, 9.17) is 14.8 Å². The highest BCUT2D eigenvalue weighted by molar-refractivity contribution is 6.09. The summed E-state index contributed by atoms with van der Waals surface area (Å²) in [7, 11) is 0. The van der Waals surface area contributed by atoms with Crippen LogP contribution in [0.25, 0.3) is 44.4 Å². The summed E-state index contributed by atoms with van der Waals surface area (Å²) in [5.74, 6) is 2.83. The Morgan fingerprint density at radius 3 is 2.26 bits per heavy atom. The lowest BCUT2D eigenvalue weighted by Crippen LogP contribution is -2.15. The van der Waals surface area contributed by atoms with E-state index in [-0.39, 0.29) is 5.41 Å². The molecule has 7 aromatic rings. The van der Waals surface area contributed by atoms with Gasteiger partial charge in [0, 0.05) is 40.4 Å². The molecule has 5 heteroatoms. The molecule has 1 unspecified atom stereocenters. The van der Waals surface area contributed by atoms with Gasteiger partial charge in [0.2, 0.25) is 0 Å². The zero-order valence-electron chi connectivity index (χ0n) is 27.7. The van der Waals surface area contributed by atoms with E-state index in [1.165, 1.54) is 27.5 Å². The summed E-state index contributed by atoms with van der Waals surface area (Å²) in [6.07, 6.45) is 1.88. The molecular formula is C41H40N4O. The van der Waals surface area contributed by atoms with Crippen LogP contribution in [0.5, 0.6) is 11.5 Å². The highest BCUT2D eigenvalue weighted by Crippen LogP contribution is 2.40. The van der Waals surface area contributed by atoms with Gasteiger partial charge < -0.3 is 4.74 Å². The van der Waals surface area contributed by atoms with E-state index in [9.17, 15) is 0 Å². The van der Waals surface area contributed by atoms with E-state index in [2.05, 4.69) is 132 Å². The van der Waals surface area contributed by atoms with Gasteiger partial charge in [-0.1, -0.05) is 70.2 Å². The average Bonchev–Trinajstić information content (AvgIpc) is 3.52. The summed E-state index contributed by atoms with van der Waals surface area (Å²) in [5.41, 5.74) is 10.3. The third kappa shape index (κ3) is 5.26. The van der Waals surface area contributed by atoms with E-state index < -0.39 is 0 Å². The number of aromatic nitrogens is 4. The molecule has 3 aromatic heterocycles. The van der Waals surface area contributed by atoms with E-state index in [1.54, 1.807) is 0 Å². The molecule has 0 saturated carbocycles. The van der Waals surface area contributed by atoms with Gasteiger partial charge in [-0.3, -0.25) is 4.57 Å². The molecular weight excluding hydrogens is 564 g/mol. The molecule has 0 N–H and O–H groups in total. The molecule has 0 aliphatic carbocycles. The molecule has 0 spiro atoms. The highest BCUT2D eigenvalue weighted by atomic mass is 16.5. The van der Waals surface area contributed by atoms with E-state index >= 15 is 0 Å². The van der Waals surface area contributed by atoms with Crippen LogP contribution in [0.4, 0.5) is 0 Å². The molecule has 230 valence electrons. The smallest absolute Gasteiger partial charge is 0.137 e. The standard InChI is InChI=1S/C41H40N4O/c1-26-20-21-42-39(22-26)44-37-19-16-31(27(2)41(5,6)7)23-36(37)35-18-17-34(25-38(35)44)46-33-15-11-14-32(24-33)45-29(4)40(28(3)43-45)30-12-9-8-10-13-30/h8-25,27H,1-7H3. The van der Waals surface area contributed by atoms with Gasteiger partial charge in [0.05, 0.1) is 22.4 Å². The first-order chi connectivity index (χ1) is 22.1. The van der Waals surface area contributed by atoms with E-state index in [0.717, 1.165) is 51.0 Å². The molecule has 0 radical (unpaired) electrons. The first-order valence-electron chi connectivity index (χ1n) is 16.0. The summed E-state index contributed by atoms with van der Waals surface area (Å²) in [4.78, 5) is 4.79. The fourth-order valence-electron chi connectivity index (χ4n) is 6.47. The van der Waals surface area contributed by atoms with Gasteiger partial charge in [-0.25, -0.2) is 9.67 Å². The maximum Gasteiger partial charge on any atom is 0.137 e. The molecule has 1 atom stereocenters. The van der Waals surface area contributed by atoms with Crippen molar-refractivity contribution in [1.82, 2.24) is 19.3 Å². The Bertz CT molecular complexity index is 2220. The van der Waals surface area contributed by atoms with Crippen LogP contribution in [0.1, 0.15) is 56.1 Å². The lowest BCUT2D eigenvalue weighted by molar-refractivity contribution is 0.340. The van der Waals surface area contributed by atoms with Crippen LogP contribution in [0.2, 0.25) is 0 Å². The summed E-state index contributed by atoms with van der Waals surface area (Å²) in [6, 6.07) is 36.0. The molecule has 3 heterocycles. The Hall–Kier alpha value is -5.16. The van der Waals surface area contributed by atoms with Crippen LogP contribution >= 0.6 is 0 Å². The number of aryl methyl sites for hydroxylation is 2. The predicted octanol–water partition coefficient (Wildman–Crippen LogP) is 10.9. The van der Waals surface area contributed by atoms with Crippen molar-refractivity contribution in [1.29, 1.82) is 0 Å². The van der Waals surface area contributed by atoms with Crippen molar-refractivity contribution in [3.63, 3.8) is 0 Å². The highest BCUT2D eigenvalue weighted by Gasteiger charge is 2.23. The van der Waals surface area contributed by atoms with Crippen LogP contribution in [-0.2, 0) is 0 Å². The molecule has 0 fully saturated rings. The van der Waals surface area contributed by atoms with Crippen LogP contribution in [-0.4, -0.2) is 19.3 Å². The summed E-state index contributed by atoms with van der Waals surface area (Å²) in [6.45, 7) is 15.5. The fourth-order valence-corrected chi connectivity index (χ4v) is 6.47. The molecule has 0 bridgehead atoms. The second kappa shape index (κ2) is 11.3. The van der Waals surface area contributed by atoms with Crippen LogP contribution in [0.3, 0.4) is 0 Å². The quantitative estimate of drug-likeness (QED) is 0.190. The van der Waals surface area contributed by atoms with E-state index in [0.29, 0.717) is 5.92 Å². The minimum absolute atomic E-state index is 0.163.